The number of amides is 1. The van der Waals surface area contributed by atoms with Gasteiger partial charge in [-0.3, -0.25) is 4.79 Å². The molecule has 0 radical (unpaired) electrons. The zero-order valence-corrected chi connectivity index (χ0v) is 18.9. The minimum absolute atomic E-state index is 0.128. The van der Waals surface area contributed by atoms with Gasteiger partial charge in [-0.05, 0) is 37.4 Å². The van der Waals surface area contributed by atoms with Crippen LogP contribution in [0.3, 0.4) is 0 Å². The number of aryl methyl sites for hydroxylation is 2. The average Bonchev–Trinajstić information content (AvgIpc) is 3.02. The normalized spacial score (nSPS) is 12.4. The summed E-state index contributed by atoms with van der Waals surface area (Å²) in [5, 5.41) is 0. The molecule has 0 spiro atoms. The van der Waals surface area contributed by atoms with Crippen LogP contribution in [0.15, 0.2) is 52.4 Å². The highest BCUT2D eigenvalue weighted by molar-refractivity contribution is 7.98. The zero-order chi connectivity index (χ0) is 21.0. The van der Waals surface area contributed by atoms with Gasteiger partial charge in [0.25, 0.3) is 5.91 Å². The number of sulfone groups is 1. The van der Waals surface area contributed by atoms with E-state index in [0.717, 1.165) is 21.5 Å². The first-order valence-corrected chi connectivity index (χ1v) is 12.7. The molecule has 1 aromatic heterocycles. The fourth-order valence-corrected chi connectivity index (χ4v) is 5.32. The van der Waals surface area contributed by atoms with E-state index in [1.165, 1.54) is 23.5 Å². The highest BCUT2D eigenvalue weighted by Gasteiger charge is 2.19. The van der Waals surface area contributed by atoms with Crippen LogP contribution in [0.4, 0.5) is 0 Å². The summed E-state index contributed by atoms with van der Waals surface area (Å²) < 4.78 is 33.3. The van der Waals surface area contributed by atoms with Gasteiger partial charge in [0.1, 0.15) is 11.5 Å². The first kappa shape index (κ1) is 21.6. The van der Waals surface area contributed by atoms with E-state index in [-0.39, 0.29) is 4.90 Å². The lowest BCUT2D eigenvalue weighted by atomic mass is 10.2. The first-order valence-electron chi connectivity index (χ1n) is 8.87. The van der Waals surface area contributed by atoms with Crippen LogP contribution in [0.5, 0.6) is 5.75 Å². The minimum atomic E-state index is -3.74. The summed E-state index contributed by atoms with van der Waals surface area (Å²) in [4.78, 5) is 17.3. The molecule has 29 heavy (non-hydrogen) atoms. The number of thiazole rings is 1. The van der Waals surface area contributed by atoms with E-state index in [4.69, 9.17) is 4.74 Å². The summed E-state index contributed by atoms with van der Waals surface area (Å²) in [5.41, 5.74) is 1.87. The van der Waals surface area contributed by atoms with Gasteiger partial charge in [0.2, 0.25) is 0 Å². The Kier molecular flexibility index (Phi) is 6.81. The van der Waals surface area contributed by atoms with Crippen molar-refractivity contribution >= 4 is 49.1 Å². The van der Waals surface area contributed by atoms with Crippen molar-refractivity contribution in [2.45, 2.75) is 18.4 Å². The molecule has 0 saturated heterocycles. The second-order valence-corrected chi connectivity index (χ2v) is 10.4. The van der Waals surface area contributed by atoms with Crippen LogP contribution in [0.1, 0.15) is 5.56 Å². The fraction of sp³-hybridized carbons (Fsp3) is 0.300. The van der Waals surface area contributed by atoms with Crippen LogP contribution in [0, 0.1) is 6.92 Å². The van der Waals surface area contributed by atoms with Crippen LogP contribution < -0.4 is 9.54 Å². The van der Waals surface area contributed by atoms with Crippen molar-refractivity contribution in [1.82, 2.24) is 4.57 Å². The maximum absolute atomic E-state index is 12.6. The molecule has 0 saturated carbocycles. The summed E-state index contributed by atoms with van der Waals surface area (Å²) in [6.07, 6.45) is 2.01. The number of rotatable bonds is 7. The van der Waals surface area contributed by atoms with E-state index >= 15 is 0 Å². The van der Waals surface area contributed by atoms with Crippen molar-refractivity contribution in [2.75, 3.05) is 24.9 Å². The highest BCUT2D eigenvalue weighted by atomic mass is 32.2. The minimum Gasteiger partial charge on any atom is -0.497 e. The molecule has 3 rings (SSSR count). The number of aromatic nitrogens is 1. The lowest BCUT2D eigenvalue weighted by Gasteiger charge is -2.05. The lowest BCUT2D eigenvalue weighted by molar-refractivity contribution is -0.115. The van der Waals surface area contributed by atoms with Crippen molar-refractivity contribution in [3.63, 3.8) is 0 Å². The number of thioether (sulfide) groups is 1. The second-order valence-electron chi connectivity index (χ2n) is 6.44. The van der Waals surface area contributed by atoms with Crippen molar-refractivity contribution < 1.29 is 17.9 Å². The van der Waals surface area contributed by atoms with Crippen molar-refractivity contribution in [3.8, 4) is 5.75 Å². The van der Waals surface area contributed by atoms with Crippen molar-refractivity contribution in [3.05, 3.63) is 52.8 Å². The van der Waals surface area contributed by atoms with E-state index < -0.39 is 21.5 Å². The Bertz CT molecular complexity index is 1190. The highest BCUT2D eigenvalue weighted by Crippen LogP contribution is 2.23. The fourth-order valence-electron chi connectivity index (χ4n) is 2.79. The Balaban J connectivity index is 1.97. The molecule has 1 amide bonds. The molecule has 0 aliphatic heterocycles. The quantitative estimate of drug-likeness (QED) is 0.552. The van der Waals surface area contributed by atoms with Gasteiger partial charge in [-0.2, -0.15) is 16.8 Å². The number of hydrogen-bond donors (Lipinski definition) is 0. The molecule has 0 N–H and O–H groups in total. The molecular formula is C20H22N2O4S3. The van der Waals surface area contributed by atoms with Gasteiger partial charge in [-0.1, -0.05) is 29.0 Å². The van der Waals surface area contributed by atoms with Gasteiger partial charge in [0.05, 0.1) is 22.2 Å². The predicted octanol–water partition coefficient (Wildman–Crippen LogP) is 3.28. The molecule has 154 valence electrons. The number of carbonyl (C=O) groups excluding carboxylic acids is 1. The van der Waals surface area contributed by atoms with Gasteiger partial charge in [0, 0.05) is 18.4 Å². The van der Waals surface area contributed by atoms with E-state index in [1.54, 1.807) is 31.0 Å². The number of benzene rings is 2. The maximum Gasteiger partial charge on any atom is 0.263 e. The van der Waals surface area contributed by atoms with Gasteiger partial charge in [-0.25, -0.2) is 8.42 Å². The summed E-state index contributed by atoms with van der Waals surface area (Å²) in [6, 6.07) is 12.1. The van der Waals surface area contributed by atoms with Gasteiger partial charge in [0.15, 0.2) is 14.6 Å². The molecule has 6 nitrogen and oxygen atoms in total. The standard InChI is InChI=1S/C20H22N2O4S3/c1-14-4-7-16(8-5-14)29(24,25)13-19(23)21-20-22(10-11-27-3)17-12-15(26-2)6-9-18(17)28-20/h4-9,12H,10-11,13H2,1-3H3. The van der Waals surface area contributed by atoms with E-state index in [1.807, 2.05) is 35.9 Å². The first-order chi connectivity index (χ1) is 13.8. The summed E-state index contributed by atoms with van der Waals surface area (Å²) in [6.45, 7) is 2.53. The number of carbonyl (C=O) groups is 1. The molecule has 0 aliphatic rings. The number of methoxy groups -OCH3 is 1. The molecule has 9 heteroatoms. The number of fused-ring (bicyclic) bond motifs is 1. The number of hydrogen-bond acceptors (Lipinski definition) is 6. The van der Waals surface area contributed by atoms with Crippen LogP contribution in [0.2, 0.25) is 0 Å². The number of ether oxygens (including phenoxy) is 1. The maximum atomic E-state index is 12.6. The van der Waals surface area contributed by atoms with Crippen LogP contribution in [-0.4, -0.2) is 43.8 Å². The van der Waals surface area contributed by atoms with Crippen molar-refractivity contribution in [2.24, 2.45) is 4.99 Å². The molecule has 0 bridgehead atoms. The van der Waals surface area contributed by atoms with Crippen molar-refractivity contribution in [1.29, 1.82) is 0 Å². The third kappa shape index (κ3) is 5.09. The molecule has 0 aliphatic carbocycles. The number of nitrogens with zero attached hydrogens (tertiary/aromatic N) is 2. The second kappa shape index (κ2) is 9.15. The third-order valence-corrected chi connectivity index (χ3v) is 7.59. The summed E-state index contributed by atoms with van der Waals surface area (Å²) in [5.74, 6) is 0.220. The Morgan fingerprint density at radius 2 is 1.93 bits per heavy atom. The van der Waals surface area contributed by atoms with Gasteiger partial charge < -0.3 is 9.30 Å². The van der Waals surface area contributed by atoms with Crippen LogP contribution in [-0.2, 0) is 21.2 Å². The molecule has 3 aromatic rings. The molecule has 0 unspecified atom stereocenters. The molecule has 1 heterocycles. The molecule has 0 atom stereocenters. The van der Waals surface area contributed by atoms with Crippen LogP contribution >= 0.6 is 23.1 Å². The largest absolute Gasteiger partial charge is 0.497 e. The summed E-state index contributed by atoms with van der Waals surface area (Å²) in [7, 11) is -2.14. The van der Waals surface area contributed by atoms with E-state index in [9.17, 15) is 13.2 Å². The van der Waals surface area contributed by atoms with E-state index in [2.05, 4.69) is 4.99 Å². The SMILES string of the molecule is COc1ccc2sc(=NC(=O)CS(=O)(=O)c3ccc(C)cc3)n(CCSC)c2c1. The molecule has 2 aromatic carbocycles. The smallest absolute Gasteiger partial charge is 0.263 e. The average molecular weight is 451 g/mol. The topological polar surface area (TPSA) is 77.7 Å². The third-order valence-electron chi connectivity index (χ3n) is 4.32. The zero-order valence-electron chi connectivity index (χ0n) is 16.4. The molecular weight excluding hydrogens is 428 g/mol. The predicted molar refractivity (Wildman–Crippen MR) is 119 cm³/mol. The van der Waals surface area contributed by atoms with Crippen LogP contribution in [0.25, 0.3) is 10.2 Å². The summed E-state index contributed by atoms with van der Waals surface area (Å²) >= 11 is 3.05. The Morgan fingerprint density at radius 3 is 2.59 bits per heavy atom. The molecule has 0 fully saturated rings. The monoisotopic (exact) mass is 450 g/mol. The lowest BCUT2D eigenvalue weighted by Crippen LogP contribution is -2.21. The van der Waals surface area contributed by atoms with E-state index in [0.29, 0.717) is 17.1 Å². The van der Waals surface area contributed by atoms with Gasteiger partial charge >= 0.3 is 0 Å². The Morgan fingerprint density at radius 1 is 1.21 bits per heavy atom. The van der Waals surface area contributed by atoms with Gasteiger partial charge in [-0.15, -0.1) is 0 Å². The Labute approximate surface area is 178 Å². The Hall–Kier alpha value is -2.10.